The molecule has 0 radical (unpaired) electrons. The van der Waals surface area contributed by atoms with E-state index in [2.05, 4.69) is 5.32 Å². The maximum atomic E-state index is 12.2. The molecule has 3 rings (SSSR count). The molecule has 0 bridgehead atoms. The van der Waals surface area contributed by atoms with Gasteiger partial charge in [-0.1, -0.05) is 18.2 Å². The number of benzene rings is 1. The Kier molecular flexibility index (Phi) is 3.56. The van der Waals surface area contributed by atoms with Gasteiger partial charge in [0.15, 0.2) is 0 Å². The maximum Gasteiger partial charge on any atom is 0.253 e. The molecule has 1 aliphatic carbocycles. The van der Waals surface area contributed by atoms with Crippen LogP contribution in [0.15, 0.2) is 42.5 Å². The summed E-state index contributed by atoms with van der Waals surface area (Å²) in [4.78, 5) is 37.0. The lowest BCUT2D eigenvalue weighted by Crippen LogP contribution is -2.50. The lowest BCUT2D eigenvalue weighted by atomic mass is 10.1. The van der Waals surface area contributed by atoms with Gasteiger partial charge in [-0.3, -0.25) is 19.3 Å². The van der Waals surface area contributed by atoms with Crippen LogP contribution in [0.5, 0.6) is 0 Å². The molecule has 5 nitrogen and oxygen atoms in total. The summed E-state index contributed by atoms with van der Waals surface area (Å²) in [5.74, 6) is -0.740. The molecule has 21 heavy (non-hydrogen) atoms. The first kappa shape index (κ1) is 13.5. The van der Waals surface area contributed by atoms with Crippen molar-refractivity contribution in [3.63, 3.8) is 0 Å². The Morgan fingerprint density at radius 1 is 1.05 bits per heavy atom. The quantitative estimate of drug-likeness (QED) is 0.850. The molecule has 1 aromatic rings. The lowest BCUT2D eigenvalue weighted by molar-refractivity contribution is -0.139. The van der Waals surface area contributed by atoms with Gasteiger partial charge < -0.3 is 5.32 Å². The van der Waals surface area contributed by atoms with E-state index in [9.17, 15) is 14.4 Å². The average Bonchev–Trinajstić information content (AvgIpc) is 3.06. The summed E-state index contributed by atoms with van der Waals surface area (Å²) >= 11 is 0. The van der Waals surface area contributed by atoms with Crippen molar-refractivity contribution in [1.29, 1.82) is 0 Å². The molecule has 2 atom stereocenters. The standard InChI is InChI=1S/C16H16N2O3/c19-14-9-10-15(20)18(14)13-8-4-7-12(13)17-16(21)11-5-2-1-3-6-11/h1-3,5-6,9-10,12-13H,4,7-8H2,(H,17,21)/t12-,13-/m0/s1. The Hall–Kier alpha value is -2.43. The third-order valence-corrected chi connectivity index (χ3v) is 4.01. The van der Waals surface area contributed by atoms with Crippen LogP contribution < -0.4 is 5.32 Å². The first-order valence-electron chi connectivity index (χ1n) is 7.08. The fourth-order valence-electron chi connectivity index (χ4n) is 3.00. The molecule has 108 valence electrons. The Bertz CT molecular complexity index is 591. The van der Waals surface area contributed by atoms with Gasteiger partial charge in [-0.15, -0.1) is 0 Å². The van der Waals surface area contributed by atoms with Gasteiger partial charge in [0.05, 0.1) is 12.1 Å². The van der Waals surface area contributed by atoms with Crippen molar-refractivity contribution in [1.82, 2.24) is 10.2 Å². The number of carbonyl (C=O) groups excluding carboxylic acids is 3. The van der Waals surface area contributed by atoms with Gasteiger partial charge >= 0.3 is 0 Å². The Morgan fingerprint density at radius 2 is 1.71 bits per heavy atom. The smallest absolute Gasteiger partial charge is 0.253 e. The van der Waals surface area contributed by atoms with Crippen LogP contribution in [0.3, 0.4) is 0 Å². The Morgan fingerprint density at radius 3 is 2.38 bits per heavy atom. The van der Waals surface area contributed by atoms with Gasteiger partial charge in [0.1, 0.15) is 0 Å². The minimum Gasteiger partial charge on any atom is -0.347 e. The third kappa shape index (κ3) is 2.59. The van der Waals surface area contributed by atoms with Crippen molar-refractivity contribution in [3.05, 3.63) is 48.0 Å². The van der Waals surface area contributed by atoms with Gasteiger partial charge in [0, 0.05) is 17.7 Å². The van der Waals surface area contributed by atoms with Gasteiger partial charge in [-0.2, -0.15) is 0 Å². The number of hydrogen-bond acceptors (Lipinski definition) is 3. The molecule has 1 saturated carbocycles. The minimum absolute atomic E-state index is 0.167. The number of carbonyl (C=O) groups is 3. The van der Waals surface area contributed by atoms with Crippen molar-refractivity contribution < 1.29 is 14.4 Å². The van der Waals surface area contributed by atoms with Crippen LogP contribution in [-0.2, 0) is 9.59 Å². The number of amides is 3. The number of nitrogens with one attached hydrogen (secondary N) is 1. The molecule has 3 amide bonds. The largest absolute Gasteiger partial charge is 0.347 e. The third-order valence-electron chi connectivity index (χ3n) is 4.01. The second-order valence-electron chi connectivity index (χ2n) is 5.32. The fourth-order valence-corrected chi connectivity index (χ4v) is 3.00. The predicted octanol–water partition coefficient (Wildman–Crippen LogP) is 1.26. The highest BCUT2D eigenvalue weighted by Crippen LogP contribution is 2.27. The lowest BCUT2D eigenvalue weighted by Gasteiger charge is -2.28. The van der Waals surface area contributed by atoms with Crippen molar-refractivity contribution in [3.8, 4) is 0 Å². The molecule has 0 unspecified atom stereocenters. The molecule has 1 aliphatic heterocycles. The van der Waals surface area contributed by atoms with E-state index in [1.807, 2.05) is 6.07 Å². The average molecular weight is 284 g/mol. The zero-order valence-electron chi connectivity index (χ0n) is 11.5. The molecule has 5 heteroatoms. The van der Waals surface area contributed by atoms with Crippen LogP contribution in [0.1, 0.15) is 29.6 Å². The van der Waals surface area contributed by atoms with E-state index in [1.54, 1.807) is 24.3 Å². The number of rotatable bonds is 3. The second-order valence-corrected chi connectivity index (χ2v) is 5.32. The Balaban J connectivity index is 1.72. The summed E-state index contributed by atoms with van der Waals surface area (Å²) in [6.45, 7) is 0. The first-order valence-corrected chi connectivity index (χ1v) is 7.08. The molecule has 1 heterocycles. The number of hydrogen-bond donors (Lipinski definition) is 1. The van der Waals surface area contributed by atoms with Crippen molar-refractivity contribution in [2.75, 3.05) is 0 Å². The summed E-state index contributed by atoms with van der Waals surface area (Å²) in [5.41, 5.74) is 0.584. The zero-order chi connectivity index (χ0) is 14.8. The summed E-state index contributed by atoms with van der Waals surface area (Å²) in [6.07, 6.45) is 4.98. The van der Waals surface area contributed by atoms with Gasteiger partial charge in [-0.25, -0.2) is 0 Å². The van der Waals surface area contributed by atoms with Crippen molar-refractivity contribution in [2.24, 2.45) is 0 Å². The van der Waals surface area contributed by atoms with Gasteiger partial charge in [-0.05, 0) is 31.4 Å². The molecule has 1 aromatic carbocycles. The zero-order valence-corrected chi connectivity index (χ0v) is 11.5. The van der Waals surface area contributed by atoms with Crippen molar-refractivity contribution in [2.45, 2.75) is 31.3 Å². The van der Waals surface area contributed by atoms with Crippen LogP contribution in [0.25, 0.3) is 0 Å². The Labute approximate surface area is 122 Å². The molecule has 1 fully saturated rings. The first-order chi connectivity index (χ1) is 10.2. The monoisotopic (exact) mass is 284 g/mol. The van der Waals surface area contributed by atoms with Crippen LogP contribution in [0, 0.1) is 0 Å². The SMILES string of the molecule is O=C(N[C@H]1CCC[C@@H]1N1C(=O)C=CC1=O)c1ccccc1. The highest BCUT2D eigenvalue weighted by Gasteiger charge is 2.39. The van der Waals surface area contributed by atoms with E-state index in [0.29, 0.717) is 5.56 Å². The van der Waals surface area contributed by atoms with E-state index in [4.69, 9.17) is 0 Å². The van der Waals surface area contributed by atoms with E-state index in [1.165, 1.54) is 17.1 Å². The van der Waals surface area contributed by atoms with Crippen LogP contribution in [-0.4, -0.2) is 34.7 Å². The highest BCUT2D eigenvalue weighted by molar-refractivity contribution is 6.13. The molecule has 0 saturated heterocycles. The number of imide groups is 1. The highest BCUT2D eigenvalue weighted by atomic mass is 16.2. The normalized spacial score (nSPS) is 24.7. The van der Waals surface area contributed by atoms with Crippen molar-refractivity contribution >= 4 is 17.7 Å². The molecular formula is C16H16N2O3. The van der Waals surface area contributed by atoms with E-state index in [0.717, 1.165) is 19.3 Å². The molecular weight excluding hydrogens is 268 g/mol. The summed E-state index contributed by atoms with van der Waals surface area (Å²) < 4.78 is 0. The molecule has 2 aliphatic rings. The summed E-state index contributed by atoms with van der Waals surface area (Å²) in [6, 6.07) is 8.53. The van der Waals surface area contributed by atoms with Crippen LogP contribution in [0.4, 0.5) is 0 Å². The van der Waals surface area contributed by atoms with Crippen LogP contribution in [0.2, 0.25) is 0 Å². The summed E-state index contributed by atoms with van der Waals surface area (Å²) in [5, 5.41) is 2.95. The van der Waals surface area contributed by atoms with E-state index < -0.39 is 0 Å². The topological polar surface area (TPSA) is 66.5 Å². The maximum absolute atomic E-state index is 12.2. The molecule has 0 spiro atoms. The summed E-state index contributed by atoms with van der Waals surface area (Å²) in [7, 11) is 0. The van der Waals surface area contributed by atoms with E-state index in [-0.39, 0.29) is 29.8 Å². The van der Waals surface area contributed by atoms with Gasteiger partial charge in [0.25, 0.3) is 17.7 Å². The fraction of sp³-hybridized carbons (Fsp3) is 0.312. The predicted molar refractivity (Wildman–Crippen MR) is 76.3 cm³/mol. The minimum atomic E-state index is -0.286. The molecule has 0 aromatic heterocycles. The van der Waals surface area contributed by atoms with Gasteiger partial charge in [0.2, 0.25) is 0 Å². The molecule has 1 N–H and O–H groups in total. The van der Waals surface area contributed by atoms with Crippen LogP contribution >= 0.6 is 0 Å². The number of nitrogens with zero attached hydrogens (tertiary/aromatic N) is 1. The second kappa shape index (κ2) is 5.52. The van der Waals surface area contributed by atoms with E-state index >= 15 is 0 Å².